The van der Waals surface area contributed by atoms with Crippen LogP contribution in [0.15, 0.2) is 54.6 Å². The number of anilines is 1. The number of carbonyl (C=O) groups is 3. The van der Waals surface area contributed by atoms with Crippen molar-refractivity contribution in [1.82, 2.24) is 15.1 Å². The number of halogens is 4. The molecule has 13 heteroatoms. The van der Waals surface area contributed by atoms with Gasteiger partial charge < -0.3 is 25.4 Å². The molecule has 9 nitrogen and oxygen atoms in total. The maximum absolute atomic E-state index is 13.4. The standard InChI is InChI=1S/C24H29ClN4O3.C2HF3O2/c25-19-6-8-20(9-7-19)26-24(31)27-22(18-4-2-1-3-5-18)23(30)29-12-10-21(11-13-29)28-14-16-32-17-15-28;3-2(4,5)1(6)7/h1-9,21-22H,10-17H2,(H2,26,27,31);(H,6,7)/t22-;/m1./s1. The van der Waals surface area contributed by atoms with Gasteiger partial charge in [-0.05, 0) is 42.7 Å². The fraction of sp³-hybridized carbons (Fsp3) is 0.423. The molecule has 3 amide bonds. The van der Waals surface area contributed by atoms with Crippen molar-refractivity contribution < 1.29 is 37.4 Å². The Kier molecular flexibility index (Phi) is 11.0. The molecule has 1 atom stereocenters. The molecule has 0 saturated carbocycles. The highest BCUT2D eigenvalue weighted by Crippen LogP contribution is 2.23. The number of amides is 3. The topological polar surface area (TPSA) is 111 Å². The number of likely N-dealkylation sites (tertiary alicyclic amines) is 1. The van der Waals surface area contributed by atoms with E-state index in [1.54, 1.807) is 24.3 Å². The molecule has 39 heavy (non-hydrogen) atoms. The van der Waals surface area contributed by atoms with Crippen LogP contribution in [0, 0.1) is 0 Å². The minimum absolute atomic E-state index is 0.0807. The zero-order chi connectivity index (χ0) is 28.4. The second-order valence-corrected chi connectivity index (χ2v) is 9.39. The molecule has 0 spiro atoms. The number of urea groups is 1. The predicted molar refractivity (Wildman–Crippen MR) is 138 cm³/mol. The average Bonchev–Trinajstić information content (AvgIpc) is 2.93. The molecule has 0 aliphatic carbocycles. The molecule has 2 aliphatic rings. The van der Waals surface area contributed by atoms with Gasteiger partial charge in [-0.25, -0.2) is 9.59 Å². The summed E-state index contributed by atoms with van der Waals surface area (Å²) < 4.78 is 37.2. The van der Waals surface area contributed by atoms with Gasteiger partial charge in [-0.2, -0.15) is 13.2 Å². The normalized spacial score (nSPS) is 17.4. The first kappa shape index (κ1) is 30.2. The molecule has 0 bridgehead atoms. The Hall–Kier alpha value is -3.35. The van der Waals surface area contributed by atoms with E-state index in [2.05, 4.69) is 15.5 Å². The summed E-state index contributed by atoms with van der Waals surface area (Å²) in [6.45, 7) is 4.84. The van der Waals surface area contributed by atoms with Gasteiger partial charge in [0.2, 0.25) is 5.91 Å². The Morgan fingerprint density at radius 2 is 1.51 bits per heavy atom. The molecule has 0 radical (unpaired) electrons. The predicted octanol–water partition coefficient (Wildman–Crippen LogP) is 4.16. The van der Waals surface area contributed by atoms with Crippen LogP contribution in [-0.4, -0.2) is 84.4 Å². The third-order valence-corrected chi connectivity index (χ3v) is 6.59. The fourth-order valence-electron chi connectivity index (χ4n) is 4.34. The van der Waals surface area contributed by atoms with Crippen molar-refractivity contribution in [3.63, 3.8) is 0 Å². The molecule has 2 aliphatic heterocycles. The lowest BCUT2D eigenvalue weighted by Gasteiger charge is -2.40. The summed E-state index contributed by atoms with van der Waals surface area (Å²) in [6, 6.07) is 15.5. The molecular formula is C26H30ClF3N4O5. The average molecular weight is 571 g/mol. The number of carboxylic acid groups (broad SMARTS) is 1. The number of ether oxygens (including phenoxy) is 1. The van der Waals surface area contributed by atoms with Gasteiger partial charge in [-0.1, -0.05) is 41.9 Å². The number of nitrogens with zero attached hydrogens (tertiary/aromatic N) is 2. The molecule has 3 N–H and O–H groups in total. The van der Waals surface area contributed by atoms with Crippen LogP contribution in [-0.2, 0) is 14.3 Å². The number of hydrogen-bond acceptors (Lipinski definition) is 5. The van der Waals surface area contributed by atoms with Gasteiger partial charge in [0.05, 0.1) is 13.2 Å². The van der Waals surface area contributed by atoms with Crippen LogP contribution < -0.4 is 10.6 Å². The Morgan fingerprint density at radius 1 is 0.949 bits per heavy atom. The van der Waals surface area contributed by atoms with Crippen LogP contribution >= 0.6 is 11.6 Å². The zero-order valence-electron chi connectivity index (χ0n) is 21.0. The van der Waals surface area contributed by atoms with Gasteiger partial charge in [0.15, 0.2) is 0 Å². The third kappa shape index (κ3) is 9.41. The molecular weight excluding hydrogens is 541 g/mol. The summed E-state index contributed by atoms with van der Waals surface area (Å²) in [5, 5.41) is 13.4. The van der Waals surface area contributed by atoms with Crippen molar-refractivity contribution in [2.24, 2.45) is 0 Å². The zero-order valence-corrected chi connectivity index (χ0v) is 21.8. The van der Waals surface area contributed by atoms with Crippen LogP contribution in [0.3, 0.4) is 0 Å². The lowest BCUT2D eigenvalue weighted by molar-refractivity contribution is -0.192. The molecule has 2 aromatic carbocycles. The molecule has 2 aromatic rings. The highest BCUT2D eigenvalue weighted by Gasteiger charge is 2.38. The van der Waals surface area contributed by atoms with E-state index in [1.165, 1.54) is 0 Å². The lowest BCUT2D eigenvalue weighted by Crippen LogP contribution is -2.52. The summed E-state index contributed by atoms with van der Waals surface area (Å²) in [5.41, 5.74) is 1.37. The smallest absolute Gasteiger partial charge is 0.475 e. The fourth-order valence-corrected chi connectivity index (χ4v) is 4.47. The van der Waals surface area contributed by atoms with Crippen LogP contribution in [0.4, 0.5) is 23.7 Å². The Bertz CT molecular complexity index is 1090. The number of carboxylic acids is 1. The molecule has 0 aromatic heterocycles. The largest absolute Gasteiger partial charge is 0.490 e. The summed E-state index contributed by atoms with van der Waals surface area (Å²) in [7, 11) is 0. The van der Waals surface area contributed by atoms with Gasteiger partial charge in [-0.3, -0.25) is 9.69 Å². The van der Waals surface area contributed by atoms with E-state index in [9.17, 15) is 22.8 Å². The number of morpholine rings is 1. The van der Waals surface area contributed by atoms with Crippen molar-refractivity contribution in [1.29, 1.82) is 0 Å². The van der Waals surface area contributed by atoms with Crippen molar-refractivity contribution >= 4 is 35.2 Å². The van der Waals surface area contributed by atoms with Gasteiger partial charge in [0.1, 0.15) is 6.04 Å². The summed E-state index contributed by atoms with van der Waals surface area (Å²) >= 11 is 5.91. The molecule has 4 rings (SSSR count). The first-order valence-electron chi connectivity index (χ1n) is 12.3. The van der Waals surface area contributed by atoms with Gasteiger partial charge in [0.25, 0.3) is 0 Å². The second kappa shape index (κ2) is 14.2. The number of benzene rings is 2. The van der Waals surface area contributed by atoms with Gasteiger partial charge in [-0.15, -0.1) is 0 Å². The first-order valence-corrected chi connectivity index (χ1v) is 12.7. The van der Waals surface area contributed by atoms with Crippen molar-refractivity contribution in [2.75, 3.05) is 44.7 Å². The maximum Gasteiger partial charge on any atom is 0.490 e. The summed E-state index contributed by atoms with van der Waals surface area (Å²) in [4.78, 5) is 39.4. The van der Waals surface area contributed by atoms with E-state index >= 15 is 0 Å². The monoisotopic (exact) mass is 570 g/mol. The van der Waals surface area contributed by atoms with Crippen LogP contribution in [0.2, 0.25) is 5.02 Å². The van der Waals surface area contributed by atoms with E-state index in [1.807, 2.05) is 35.2 Å². The molecule has 2 fully saturated rings. The van der Waals surface area contributed by atoms with Gasteiger partial charge >= 0.3 is 18.2 Å². The Balaban J connectivity index is 0.000000532. The number of piperidine rings is 1. The molecule has 2 heterocycles. The van der Waals surface area contributed by atoms with E-state index in [0.29, 0.717) is 29.8 Å². The molecule has 212 valence electrons. The maximum atomic E-state index is 13.4. The SMILES string of the molecule is O=C(Nc1ccc(Cl)cc1)N[C@@H](C(=O)N1CCC(N2CCOCC2)CC1)c1ccccc1.O=C(O)C(F)(F)F. The third-order valence-electron chi connectivity index (χ3n) is 6.34. The van der Waals surface area contributed by atoms with E-state index < -0.39 is 24.2 Å². The molecule has 0 unspecified atom stereocenters. The Labute approximate surface area is 228 Å². The number of aliphatic carboxylic acids is 1. The quantitative estimate of drug-likeness (QED) is 0.498. The lowest BCUT2D eigenvalue weighted by atomic mass is 10.00. The number of hydrogen-bond donors (Lipinski definition) is 3. The number of alkyl halides is 3. The van der Waals surface area contributed by atoms with Crippen molar-refractivity contribution in [3.8, 4) is 0 Å². The summed E-state index contributed by atoms with van der Waals surface area (Å²) in [5.74, 6) is -2.84. The van der Waals surface area contributed by atoms with E-state index in [0.717, 1.165) is 44.7 Å². The van der Waals surface area contributed by atoms with Crippen molar-refractivity contribution in [3.05, 3.63) is 65.2 Å². The number of nitrogens with one attached hydrogen (secondary N) is 2. The van der Waals surface area contributed by atoms with Crippen molar-refractivity contribution in [2.45, 2.75) is 31.1 Å². The highest BCUT2D eigenvalue weighted by atomic mass is 35.5. The second-order valence-electron chi connectivity index (χ2n) is 8.96. The van der Waals surface area contributed by atoms with Crippen LogP contribution in [0.25, 0.3) is 0 Å². The van der Waals surface area contributed by atoms with E-state index in [-0.39, 0.29) is 5.91 Å². The number of rotatable bonds is 5. The Morgan fingerprint density at radius 3 is 2.05 bits per heavy atom. The first-order chi connectivity index (χ1) is 18.5. The number of carbonyl (C=O) groups excluding carboxylic acids is 2. The van der Waals surface area contributed by atoms with Crippen LogP contribution in [0.5, 0.6) is 0 Å². The van der Waals surface area contributed by atoms with E-state index in [4.69, 9.17) is 26.2 Å². The van der Waals surface area contributed by atoms with Gasteiger partial charge in [0, 0.05) is 42.9 Å². The summed E-state index contributed by atoms with van der Waals surface area (Å²) in [6.07, 6.45) is -3.21. The minimum atomic E-state index is -5.08. The van der Waals surface area contributed by atoms with Crippen LogP contribution in [0.1, 0.15) is 24.4 Å². The highest BCUT2D eigenvalue weighted by molar-refractivity contribution is 6.30. The molecule has 2 saturated heterocycles. The minimum Gasteiger partial charge on any atom is -0.475 e.